The molecule has 3 rings (SSSR count). The van der Waals surface area contributed by atoms with Gasteiger partial charge in [0.1, 0.15) is 0 Å². The van der Waals surface area contributed by atoms with E-state index >= 15 is 0 Å². The first-order chi connectivity index (χ1) is 8.29. The third kappa shape index (κ3) is 1.75. The maximum Gasteiger partial charge on any atom is 0.227 e. The Kier molecular flexibility index (Phi) is 2.63. The van der Waals surface area contributed by atoms with Crippen molar-refractivity contribution in [3.63, 3.8) is 0 Å². The molecule has 0 unspecified atom stereocenters. The van der Waals surface area contributed by atoms with Crippen LogP contribution in [-0.2, 0) is 24.1 Å². The second-order valence-corrected chi connectivity index (χ2v) is 4.91. The number of hydrogen-bond acceptors (Lipinski definition) is 2. The fourth-order valence-corrected chi connectivity index (χ4v) is 2.94. The minimum Gasteiger partial charge on any atom is -0.319 e. The summed E-state index contributed by atoms with van der Waals surface area (Å²) in [4.78, 5) is 13.8. The minimum absolute atomic E-state index is 0.305. The quantitative estimate of drug-likeness (QED) is 0.848. The van der Waals surface area contributed by atoms with Gasteiger partial charge in [-0.2, -0.15) is 0 Å². The molecule has 0 saturated carbocycles. The molecule has 0 spiro atoms. The van der Waals surface area contributed by atoms with Crippen LogP contribution in [0.5, 0.6) is 0 Å². The number of carbonyl (C=O) groups is 1. The van der Waals surface area contributed by atoms with E-state index in [1.54, 1.807) is 0 Å². The van der Waals surface area contributed by atoms with Crippen LogP contribution in [0.25, 0.3) is 0 Å². The molecule has 0 fully saturated rings. The van der Waals surface area contributed by atoms with Gasteiger partial charge in [-0.3, -0.25) is 4.79 Å². The SMILES string of the molecule is CNCCc1cc2c3c(c1)CCN3C(=O)CC2. The predicted molar refractivity (Wildman–Crippen MR) is 68.5 cm³/mol. The second kappa shape index (κ2) is 4.15. The molecule has 1 aromatic carbocycles. The Labute approximate surface area is 102 Å². The lowest BCUT2D eigenvalue weighted by Crippen LogP contribution is -2.32. The van der Waals surface area contributed by atoms with Gasteiger partial charge in [0.15, 0.2) is 0 Å². The Morgan fingerprint density at radius 3 is 2.76 bits per heavy atom. The molecule has 1 aromatic rings. The van der Waals surface area contributed by atoms with Crippen LogP contribution >= 0.6 is 0 Å². The highest BCUT2D eigenvalue weighted by molar-refractivity contribution is 5.98. The van der Waals surface area contributed by atoms with Crippen molar-refractivity contribution in [2.45, 2.75) is 25.7 Å². The summed E-state index contributed by atoms with van der Waals surface area (Å²) in [5.74, 6) is 0.305. The van der Waals surface area contributed by atoms with Gasteiger partial charge < -0.3 is 10.2 Å². The molecule has 0 aliphatic carbocycles. The Morgan fingerprint density at radius 2 is 2.00 bits per heavy atom. The highest BCUT2D eigenvalue weighted by Crippen LogP contribution is 2.37. The molecule has 2 aliphatic rings. The molecule has 0 aromatic heterocycles. The number of rotatable bonds is 3. The Balaban J connectivity index is 1.98. The summed E-state index contributed by atoms with van der Waals surface area (Å²) in [5.41, 5.74) is 5.39. The van der Waals surface area contributed by atoms with Gasteiger partial charge in [-0.25, -0.2) is 0 Å². The number of anilines is 1. The van der Waals surface area contributed by atoms with Gasteiger partial charge in [0.25, 0.3) is 0 Å². The first-order valence-electron chi connectivity index (χ1n) is 6.39. The van der Waals surface area contributed by atoms with Crippen LogP contribution in [0, 0.1) is 0 Å². The highest BCUT2D eigenvalue weighted by atomic mass is 16.2. The zero-order valence-corrected chi connectivity index (χ0v) is 10.3. The maximum atomic E-state index is 11.8. The van der Waals surface area contributed by atoms with E-state index in [0.29, 0.717) is 12.3 Å². The number of carbonyl (C=O) groups excluding carboxylic acids is 1. The van der Waals surface area contributed by atoms with E-state index in [-0.39, 0.29) is 0 Å². The zero-order chi connectivity index (χ0) is 11.8. The Hall–Kier alpha value is -1.35. The van der Waals surface area contributed by atoms with Gasteiger partial charge in [0, 0.05) is 13.0 Å². The van der Waals surface area contributed by atoms with E-state index in [1.807, 2.05) is 11.9 Å². The van der Waals surface area contributed by atoms with Crippen LogP contribution in [0.15, 0.2) is 12.1 Å². The molecule has 1 amide bonds. The van der Waals surface area contributed by atoms with Crippen molar-refractivity contribution in [3.05, 3.63) is 28.8 Å². The average Bonchev–Trinajstić information content (AvgIpc) is 2.76. The van der Waals surface area contributed by atoms with Crippen molar-refractivity contribution in [2.24, 2.45) is 0 Å². The molecule has 90 valence electrons. The lowest BCUT2D eigenvalue weighted by Gasteiger charge is -2.25. The van der Waals surface area contributed by atoms with Crippen molar-refractivity contribution in [2.75, 3.05) is 25.0 Å². The Morgan fingerprint density at radius 1 is 1.24 bits per heavy atom. The summed E-state index contributed by atoms with van der Waals surface area (Å²) in [6.07, 6.45) is 3.71. The van der Waals surface area contributed by atoms with Gasteiger partial charge >= 0.3 is 0 Å². The summed E-state index contributed by atoms with van der Waals surface area (Å²) in [6, 6.07) is 4.58. The summed E-state index contributed by atoms with van der Waals surface area (Å²) < 4.78 is 0. The van der Waals surface area contributed by atoms with E-state index in [1.165, 1.54) is 22.4 Å². The lowest BCUT2D eigenvalue weighted by molar-refractivity contribution is -0.118. The van der Waals surface area contributed by atoms with Crippen LogP contribution in [-0.4, -0.2) is 26.0 Å². The number of likely N-dealkylation sites (N-methyl/N-ethyl adjacent to an activating group) is 1. The lowest BCUT2D eigenvalue weighted by atomic mass is 9.95. The number of nitrogens with one attached hydrogen (secondary N) is 1. The number of nitrogens with zero attached hydrogens (tertiary/aromatic N) is 1. The molecule has 0 bridgehead atoms. The molecule has 3 nitrogen and oxygen atoms in total. The average molecular weight is 230 g/mol. The van der Waals surface area contributed by atoms with E-state index in [9.17, 15) is 4.79 Å². The summed E-state index contributed by atoms with van der Waals surface area (Å²) in [5, 5.41) is 3.19. The van der Waals surface area contributed by atoms with Crippen molar-refractivity contribution in [1.29, 1.82) is 0 Å². The second-order valence-electron chi connectivity index (χ2n) is 4.91. The van der Waals surface area contributed by atoms with Gasteiger partial charge in [0.2, 0.25) is 5.91 Å². The number of benzene rings is 1. The minimum atomic E-state index is 0.305. The van der Waals surface area contributed by atoms with Crippen LogP contribution in [0.3, 0.4) is 0 Å². The summed E-state index contributed by atoms with van der Waals surface area (Å²) in [7, 11) is 1.98. The topological polar surface area (TPSA) is 32.3 Å². The normalized spacial score (nSPS) is 17.5. The van der Waals surface area contributed by atoms with Gasteiger partial charge in [-0.1, -0.05) is 12.1 Å². The molecule has 0 radical (unpaired) electrons. The van der Waals surface area contributed by atoms with Gasteiger partial charge in [-0.05, 0) is 49.5 Å². The van der Waals surface area contributed by atoms with Gasteiger partial charge in [0.05, 0.1) is 5.69 Å². The van der Waals surface area contributed by atoms with Crippen LogP contribution in [0.2, 0.25) is 0 Å². The molecule has 2 aliphatic heterocycles. The Bertz CT molecular complexity index is 468. The van der Waals surface area contributed by atoms with E-state index in [2.05, 4.69) is 17.4 Å². The molecule has 0 saturated heterocycles. The molecular formula is C14H18N2O. The van der Waals surface area contributed by atoms with E-state index < -0.39 is 0 Å². The molecular weight excluding hydrogens is 212 g/mol. The standard InChI is InChI=1S/C14H18N2O/c1-15-6-4-10-8-11-2-3-13(17)16-7-5-12(9-10)14(11)16/h8-9,15H,2-7H2,1H3. The van der Waals surface area contributed by atoms with E-state index in [0.717, 1.165) is 32.4 Å². The van der Waals surface area contributed by atoms with Crippen LogP contribution in [0.4, 0.5) is 5.69 Å². The van der Waals surface area contributed by atoms with E-state index in [4.69, 9.17) is 0 Å². The fraction of sp³-hybridized carbons (Fsp3) is 0.500. The third-order valence-electron chi connectivity index (χ3n) is 3.78. The summed E-state index contributed by atoms with van der Waals surface area (Å²) in [6.45, 7) is 1.90. The van der Waals surface area contributed by atoms with Crippen molar-refractivity contribution in [3.8, 4) is 0 Å². The summed E-state index contributed by atoms with van der Waals surface area (Å²) >= 11 is 0. The molecule has 2 heterocycles. The van der Waals surface area contributed by atoms with Crippen LogP contribution < -0.4 is 10.2 Å². The number of amides is 1. The van der Waals surface area contributed by atoms with Gasteiger partial charge in [-0.15, -0.1) is 0 Å². The highest BCUT2D eigenvalue weighted by Gasteiger charge is 2.31. The van der Waals surface area contributed by atoms with Crippen LogP contribution in [0.1, 0.15) is 23.1 Å². The molecule has 0 atom stereocenters. The molecule has 1 N–H and O–H groups in total. The number of aryl methyl sites for hydroxylation is 1. The first kappa shape index (κ1) is 10.8. The van der Waals surface area contributed by atoms with Crippen molar-refractivity contribution >= 4 is 11.6 Å². The predicted octanol–water partition coefficient (Wildman–Crippen LogP) is 1.28. The smallest absolute Gasteiger partial charge is 0.227 e. The zero-order valence-electron chi connectivity index (χ0n) is 10.3. The van der Waals surface area contributed by atoms with Crippen molar-refractivity contribution in [1.82, 2.24) is 5.32 Å². The molecule has 17 heavy (non-hydrogen) atoms. The number of hydrogen-bond donors (Lipinski definition) is 1. The largest absolute Gasteiger partial charge is 0.319 e. The van der Waals surface area contributed by atoms with Crippen molar-refractivity contribution < 1.29 is 4.79 Å². The third-order valence-corrected chi connectivity index (χ3v) is 3.78. The first-order valence-corrected chi connectivity index (χ1v) is 6.39. The fourth-order valence-electron chi connectivity index (χ4n) is 2.94. The maximum absolute atomic E-state index is 11.8. The monoisotopic (exact) mass is 230 g/mol. The molecule has 3 heteroatoms.